The van der Waals surface area contributed by atoms with Gasteiger partial charge in [-0.25, -0.2) is 4.79 Å². The molecule has 1 fully saturated rings. The summed E-state index contributed by atoms with van der Waals surface area (Å²) in [5, 5.41) is 11.3. The van der Waals surface area contributed by atoms with E-state index in [9.17, 15) is 9.59 Å². The standard InChI is InChI=1S/C11H16N2O3/c1-3-4-8(2)12-11(16)13-6-9(7-13)5-10(14)15/h1,8-9H,4-7H2,2H3,(H,12,16)(H,14,15). The topological polar surface area (TPSA) is 69.6 Å². The van der Waals surface area contributed by atoms with Gasteiger partial charge in [0.05, 0.1) is 6.42 Å². The quantitative estimate of drug-likeness (QED) is 0.684. The van der Waals surface area contributed by atoms with Crippen molar-refractivity contribution in [3.63, 3.8) is 0 Å². The first kappa shape index (κ1) is 12.4. The van der Waals surface area contributed by atoms with E-state index in [4.69, 9.17) is 11.5 Å². The Labute approximate surface area is 94.8 Å². The Kier molecular flexibility index (Phi) is 4.18. The Morgan fingerprint density at radius 2 is 2.25 bits per heavy atom. The molecule has 0 bridgehead atoms. The minimum Gasteiger partial charge on any atom is -0.481 e. The molecular weight excluding hydrogens is 208 g/mol. The first-order valence-corrected chi connectivity index (χ1v) is 5.23. The highest BCUT2D eigenvalue weighted by atomic mass is 16.4. The molecule has 5 heteroatoms. The maximum atomic E-state index is 11.5. The van der Waals surface area contributed by atoms with Crippen molar-refractivity contribution in [1.82, 2.24) is 10.2 Å². The molecule has 2 N–H and O–H groups in total. The van der Waals surface area contributed by atoms with E-state index in [0.29, 0.717) is 19.5 Å². The van der Waals surface area contributed by atoms with Gasteiger partial charge in [-0.1, -0.05) is 0 Å². The van der Waals surface area contributed by atoms with Gasteiger partial charge in [-0.2, -0.15) is 0 Å². The van der Waals surface area contributed by atoms with Crippen molar-refractivity contribution >= 4 is 12.0 Å². The van der Waals surface area contributed by atoms with E-state index in [-0.39, 0.29) is 24.4 Å². The Bertz CT molecular complexity index is 316. The molecule has 0 spiro atoms. The van der Waals surface area contributed by atoms with Crippen LogP contribution in [-0.4, -0.2) is 41.1 Å². The van der Waals surface area contributed by atoms with Gasteiger partial charge < -0.3 is 15.3 Å². The van der Waals surface area contributed by atoms with Crippen LogP contribution < -0.4 is 5.32 Å². The van der Waals surface area contributed by atoms with Crippen LogP contribution in [0.15, 0.2) is 0 Å². The van der Waals surface area contributed by atoms with E-state index in [1.54, 1.807) is 4.90 Å². The molecule has 1 rings (SSSR count). The maximum Gasteiger partial charge on any atom is 0.317 e. The number of hydrogen-bond acceptors (Lipinski definition) is 2. The predicted molar refractivity (Wildman–Crippen MR) is 58.8 cm³/mol. The first-order chi connectivity index (χ1) is 7.52. The van der Waals surface area contributed by atoms with Gasteiger partial charge in [0.1, 0.15) is 0 Å². The Hall–Kier alpha value is -1.70. The fourth-order valence-electron chi connectivity index (χ4n) is 1.64. The lowest BCUT2D eigenvalue weighted by Crippen LogP contribution is -2.55. The second-order valence-corrected chi connectivity index (χ2v) is 4.13. The summed E-state index contributed by atoms with van der Waals surface area (Å²) < 4.78 is 0. The summed E-state index contributed by atoms with van der Waals surface area (Å²) in [6, 6.07) is -0.208. The number of rotatable bonds is 4. The highest BCUT2D eigenvalue weighted by Gasteiger charge is 2.32. The van der Waals surface area contributed by atoms with Gasteiger partial charge >= 0.3 is 12.0 Å². The van der Waals surface area contributed by atoms with E-state index in [2.05, 4.69) is 11.2 Å². The van der Waals surface area contributed by atoms with Crippen LogP contribution in [0, 0.1) is 18.3 Å². The van der Waals surface area contributed by atoms with Crippen LogP contribution in [0.4, 0.5) is 4.79 Å². The highest BCUT2D eigenvalue weighted by molar-refractivity contribution is 5.76. The van der Waals surface area contributed by atoms with Crippen molar-refractivity contribution in [3.8, 4) is 12.3 Å². The Morgan fingerprint density at radius 3 is 2.75 bits per heavy atom. The van der Waals surface area contributed by atoms with Gasteiger partial charge in [0.15, 0.2) is 0 Å². The molecule has 2 amide bonds. The van der Waals surface area contributed by atoms with Gasteiger partial charge in [0, 0.05) is 31.5 Å². The minimum atomic E-state index is -0.814. The van der Waals surface area contributed by atoms with Gasteiger partial charge in [-0.05, 0) is 6.92 Å². The summed E-state index contributed by atoms with van der Waals surface area (Å²) in [7, 11) is 0. The lowest BCUT2D eigenvalue weighted by molar-refractivity contribution is -0.139. The van der Waals surface area contributed by atoms with E-state index < -0.39 is 5.97 Å². The first-order valence-electron chi connectivity index (χ1n) is 5.23. The lowest BCUT2D eigenvalue weighted by atomic mass is 9.97. The summed E-state index contributed by atoms with van der Waals surface area (Å²) >= 11 is 0. The summed E-state index contributed by atoms with van der Waals surface area (Å²) in [5.41, 5.74) is 0. The number of carbonyl (C=O) groups excluding carboxylic acids is 1. The van der Waals surface area contributed by atoms with Crippen LogP contribution >= 0.6 is 0 Å². The lowest BCUT2D eigenvalue weighted by Gasteiger charge is -2.38. The smallest absolute Gasteiger partial charge is 0.317 e. The molecule has 0 aromatic rings. The van der Waals surface area contributed by atoms with Crippen LogP contribution in [0.2, 0.25) is 0 Å². The number of nitrogens with one attached hydrogen (secondary N) is 1. The number of carbonyl (C=O) groups is 2. The molecule has 1 saturated heterocycles. The summed E-state index contributed by atoms with van der Waals surface area (Å²) in [5.74, 6) is 1.75. The van der Waals surface area contributed by atoms with Crippen LogP contribution in [0.1, 0.15) is 19.8 Å². The summed E-state index contributed by atoms with van der Waals surface area (Å²) in [4.78, 5) is 23.5. The Balaban J connectivity index is 2.22. The average molecular weight is 224 g/mol. The van der Waals surface area contributed by atoms with Crippen LogP contribution in [0.3, 0.4) is 0 Å². The third-order valence-corrected chi connectivity index (χ3v) is 2.50. The molecule has 5 nitrogen and oxygen atoms in total. The van der Waals surface area contributed by atoms with Gasteiger partial charge in [-0.15, -0.1) is 12.3 Å². The fraction of sp³-hybridized carbons (Fsp3) is 0.636. The molecule has 0 aromatic carbocycles. The third-order valence-electron chi connectivity index (χ3n) is 2.50. The second kappa shape index (κ2) is 5.40. The fourth-order valence-corrected chi connectivity index (χ4v) is 1.64. The number of urea groups is 1. The number of carboxylic acid groups (broad SMARTS) is 1. The monoisotopic (exact) mass is 224 g/mol. The van der Waals surface area contributed by atoms with E-state index in [1.807, 2.05) is 6.92 Å². The number of terminal acetylenes is 1. The van der Waals surface area contributed by atoms with E-state index >= 15 is 0 Å². The van der Waals surface area contributed by atoms with Crippen LogP contribution in [-0.2, 0) is 4.79 Å². The zero-order valence-corrected chi connectivity index (χ0v) is 9.27. The second-order valence-electron chi connectivity index (χ2n) is 4.13. The molecule has 88 valence electrons. The molecule has 1 aliphatic heterocycles. The molecule has 16 heavy (non-hydrogen) atoms. The molecule has 1 heterocycles. The van der Waals surface area contributed by atoms with Crippen molar-refractivity contribution < 1.29 is 14.7 Å². The molecule has 0 aliphatic carbocycles. The van der Waals surface area contributed by atoms with Crippen LogP contribution in [0.25, 0.3) is 0 Å². The van der Waals surface area contributed by atoms with Gasteiger partial charge in [0.25, 0.3) is 0 Å². The molecular formula is C11H16N2O3. The molecule has 1 atom stereocenters. The van der Waals surface area contributed by atoms with Crippen LogP contribution in [0.5, 0.6) is 0 Å². The number of carboxylic acids is 1. The van der Waals surface area contributed by atoms with Crippen molar-refractivity contribution in [2.45, 2.75) is 25.8 Å². The van der Waals surface area contributed by atoms with E-state index in [0.717, 1.165) is 0 Å². The normalized spacial score (nSPS) is 17.1. The SMILES string of the molecule is C#CCC(C)NC(=O)N1CC(CC(=O)O)C1. The number of likely N-dealkylation sites (tertiary alicyclic amines) is 1. The third kappa shape index (κ3) is 3.46. The maximum absolute atomic E-state index is 11.5. The van der Waals surface area contributed by atoms with Crippen molar-refractivity contribution in [2.75, 3.05) is 13.1 Å². The summed E-state index contributed by atoms with van der Waals surface area (Å²) in [6.07, 6.45) is 5.75. The van der Waals surface area contributed by atoms with Crippen molar-refractivity contribution in [2.24, 2.45) is 5.92 Å². The number of amides is 2. The predicted octanol–water partition coefficient (Wildman–Crippen LogP) is 0.514. The van der Waals surface area contributed by atoms with Gasteiger partial charge in [-0.3, -0.25) is 4.79 Å². The number of hydrogen-bond donors (Lipinski definition) is 2. The number of nitrogens with zero attached hydrogens (tertiary/aromatic N) is 1. The molecule has 0 radical (unpaired) electrons. The zero-order chi connectivity index (χ0) is 12.1. The van der Waals surface area contributed by atoms with Crippen molar-refractivity contribution in [3.05, 3.63) is 0 Å². The van der Waals surface area contributed by atoms with E-state index in [1.165, 1.54) is 0 Å². The molecule has 1 unspecified atom stereocenters. The van der Waals surface area contributed by atoms with Crippen molar-refractivity contribution in [1.29, 1.82) is 0 Å². The summed E-state index contributed by atoms with van der Waals surface area (Å²) in [6.45, 7) is 2.87. The minimum absolute atomic E-state index is 0.0453. The highest BCUT2D eigenvalue weighted by Crippen LogP contribution is 2.18. The molecule has 0 aromatic heterocycles. The Morgan fingerprint density at radius 1 is 1.62 bits per heavy atom. The largest absolute Gasteiger partial charge is 0.481 e. The average Bonchev–Trinajstić information content (AvgIpc) is 2.10. The zero-order valence-electron chi connectivity index (χ0n) is 9.27. The molecule has 1 aliphatic rings. The van der Waals surface area contributed by atoms with Gasteiger partial charge in [0.2, 0.25) is 0 Å². The molecule has 0 saturated carbocycles. The number of aliphatic carboxylic acids is 1.